The van der Waals surface area contributed by atoms with E-state index in [0.29, 0.717) is 10.6 Å². The first-order chi connectivity index (χ1) is 8.33. The van der Waals surface area contributed by atoms with Crippen molar-refractivity contribution in [3.63, 3.8) is 0 Å². The van der Waals surface area contributed by atoms with Crippen LogP contribution in [0.15, 0.2) is 60.7 Å². The highest BCUT2D eigenvalue weighted by atomic mass is 35.5. The van der Waals surface area contributed by atoms with E-state index in [1.807, 2.05) is 60.7 Å². The maximum absolute atomic E-state index is 9.22. The van der Waals surface area contributed by atoms with Crippen LogP contribution in [0, 0.1) is 11.3 Å². The van der Waals surface area contributed by atoms with Crippen molar-refractivity contribution in [2.75, 3.05) is 0 Å². The Morgan fingerprint density at radius 3 is 1.76 bits per heavy atom. The highest BCUT2D eigenvalue weighted by Gasteiger charge is 2.08. The third kappa shape index (κ3) is 2.55. The molecule has 0 aliphatic rings. The molecule has 0 saturated carbocycles. The van der Waals surface area contributed by atoms with Gasteiger partial charge < -0.3 is 0 Å². The molecule has 0 fully saturated rings. The van der Waals surface area contributed by atoms with Crippen molar-refractivity contribution in [1.82, 2.24) is 0 Å². The number of nitriles is 1. The third-order valence-corrected chi connectivity index (χ3v) is 2.83. The van der Waals surface area contributed by atoms with Crippen LogP contribution < -0.4 is 0 Å². The van der Waals surface area contributed by atoms with Crippen LogP contribution in [0.1, 0.15) is 11.1 Å². The van der Waals surface area contributed by atoms with E-state index in [0.717, 1.165) is 11.1 Å². The number of allylic oxidation sites excluding steroid dienone is 1. The molecule has 0 N–H and O–H groups in total. The number of hydrogen-bond acceptors (Lipinski definition) is 1. The van der Waals surface area contributed by atoms with E-state index >= 15 is 0 Å². The largest absolute Gasteiger partial charge is 0.192 e. The molecule has 2 aromatic carbocycles. The molecule has 0 atom stereocenters. The van der Waals surface area contributed by atoms with Crippen LogP contribution in [-0.2, 0) is 0 Å². The monoisotopic (exact) mass is 239 g/mol. The molecule has 0 aromatic heterocycles. The molecule has 1 nitrogen and oxygen atoms in total. The third-order valence-electron chi connectivity index (χ3n) is 2.42. The molecule has 2 aromatic rings. The maximum atomic E-state index is 9.22. The van der Waals surface area contributed by atoms with Crippen LogP contribution in [0.5, 0.6) is 0 Å². The average Bonchev–Trinajstić information content (AvgIpc) is 2.42. The van der Waals surface area contributed by atoms with Crippen LogP contribution in [0.3, 0.4) is 0 Å². The number of nitrogens with zero attached hydrogens (tertiary/aromatic N) is 1. The Hall–Kier alpha value is -2.04. The first-order valence-electron chi connectivity index (χ1n) is 5.23. The Morgan fingerprint density at radius 2 is 1.29 bits per heavy atom. The Morgan fingerprint density at radius 1 is 0.824 bits per heavy atom. The summed E-state index contributed by atoms with van der Waals surface area (Å²) in [5, 5.41) is 9.70. The summed E-state index contributed by atoms with van der Waals surface area (Å²) in [6.07, 6.45) is 0. The summed E-state index contributed by atoms with van der Waals surface area (Å²) in [6, 6.07) is 21.1. The topological polar surface area (TPSA) is 23.8 Å². The van der Waals surface area contributed by atoms with Crippen molar-refractivity contribution in [2.45, 2.75) is 0 Å². The molecule has 0 saturated heterocycles. The molecular formula is C15H10ClN. The van der Waals surface area contributed by atoms with Crippen molar-refractivity contribution in [3.8, 4) is 6.07 Å². The molecule has 82 valence electrons. The van der Waals surface area contributed by atoms with Gasteiger partial charge in [0.15, 0.2) is 0 Å². The van der Waals surface area contributed by atoms with Gasteiger partial charge in [-0.2, -0.15) is 5.26 Å². The van der Waals surface area contributed by atoms with Gasteiger partial charge in [0.25, 0.3) is 0 Å². The summed E-state index contributed by atoms with van der Waals surface area (Å²) in [7, 11) is 0. The molecule has 0 radical (unpaired) electrons. The summed E-state index contributed by atoms with van der Waals surface area (Å²) in [6.45, 7) is 0. The Labute approximate surface area is 106 Å². The summed E-state index contributed by atoms with van der Waals surface area (Å²) in [4.78, 5) is 0. The van der Waals surface area contributed by atoms with E-state index in [2.05, 4.69) is 6.07 Å². The second-order valence-corrected chi connectivity index (χ2v) is 3.91. The van der Waals surface area contributed by atoms with Crippen LogP contribution in [0.4, 0.5) is 0 Å². The van der Waals surface area contributed by atoms with Gasteiger partial charge in [-0.05, 0) is 11.1 Å². The zero-order valence-corrected chi connectivity index (χ0v) is 9.85. The fourth-order valence-corrected chi connectivity index (χ4v) is 1.85. The van der Waals surface area contributed by atoms with E-state index in [1.165, 1.54) is 0 Å². The Balaban J connectivity index is 2.53. The minimum absolute atomic E-state index is 0.485. The van der Waals surface area contributed by atoms with Gasteiger partial charge in [0.2, 0.25) is 0 Å². The van der Waals surface area contributed by atoms with Gasteiger partial charge in [-0.3, -0.25) is 0 Å². The van der Waals surface area contributed by atoms with Crippen LogP contribution >= 0.6 is 11.6 Å². The first kappa shape index (κ1) is 11.4. The van der Waals surface area contributed by atoms with Crippen molar-refractivity contribution in [2.24, 2.45) is 0 Å². The lowest BCUT2D eigenvalue weighted by atomic mass is 10.0. The second-order valence-electron chi connectivity index (χ2n) is 3.53. The van der Waals surface area contributed by atoms with E-state index in [4.69, 9.17) is 11.6 Å². The van der Waals surface area contributed by atoms with Gasteiger partial charge in [0.1, 0.15) is 6.07 Å². The minimum Gasteiger partial charge on any atom is -0.192 e. The standard InChI is InChI=1S/C15H10ClN/c16-15(13-9-5-2-6-10-13)14(11-17)12-7-3-1-4-8-12/h1-10H/b15-14+. The molecule has 0 aliphatic carbocycles. The number of hydrogen-bond donors (Lipinski definition) is 0. The quantitative estimate of drug-likeness (QED) is 0.566. The zero-order chi connectivity index (χ0) is 12.1. The molecule has 0 unspecified atom stereocenters. The van der Waals surface area contributed by atoms with Gasteiger partial charge in [-0.15, -0.1) is 0 Å². The number of halogens is 1. The number of rotatable bonds is 2. The van der Waals surface area contributed by atoms with Crippen LogP contribution in [0.25, 0.3) is 10.6 Å². The molecule has 0 aliphatic heterocycles. The first-order valence-corrected chi connectivity index (χ1v) is 5.61. The fourth-order valence-electron chi connectivity index (χ4n) is 1.57. The molecule has 2 rings (SSSR count). The van der Waals surface area contributed by atoms with Crippen LogP contribution in [0.2, 0.25) is 0 Å². The molecular weight excluding hydrogens is 230 g/mol. The van der Waals surface area contributed by atoms with Crippen molar-refractivity contribution in [3.05, 3.63) is 71.8 Å². The predicted molar refractivity (Wildman–Crippen MR) is 71.2 cm³/mol. The Bertz CT molecular complexity index is 565. The Kier molecular flexibility index (Phi) is 3.59. The maximum Gasteiger partial charge on any atom is 0.101 e. The summed E-state index contributed by atoms with van der Waals surface area (Å²) < 4.78 is 0. The lowest BCUT2D eigenvalue weighted by Gasteiger charge is -2.04. The van der Waals surface area contributed by atoms with Crippen LogP contribution in [-0.4, -0.2) is 0 Å². The SMILES string of the molecule is N#C/C(=C(\Cl)c1ccccc1)c1ccccc1. The lowest BCUT2D eigenvalue weighted by Crippen LogP contribution is -1.85. The smallest absolute Gasteiger partial charge is 0.101 e. The van der Waals surface area contributed by atoms with Gasteiger partial charge in [-0.25, -0.2) is 0 Å². The van der Waals surface area contributed by atoms with Gasteiger partial charge in [-0.1, -0.05) is 72.3 Å². The molecule has 17 heavy (non-hydrogen) atoms. The predicted octanol–water partition coefficient (Wildman–Crippen LogP) is 4.32. The van der Waals surface area contributed by atoms with E-state index in [9.17, 15) is 5.26 Å². The zero-order valence-electron chi connectivity index (χ0n) is 9.10. The van der Waals surface area contributed by atoms with Crippen molar-refractivity contribution in [1.29, 1.82) is 5.26 Å². The second kappa shape index (κ2) is 5.34. The molecule has 0 spiro atoms. The molecule has 0 amide bonds. The van der Waals surface area contributed by atoms with Gasteiger partial charge in [0, 0.05) is 0 Å². The highest BCUT2D eigenvalue weighted by Crippen LogP contribution is 2.28. The molecule has 0 heterocycles. The summed E-state index contributed by atoms with van der Waals surface area (Å²) in [5.41, 5.74) is 2.19. The van der Waals surface area contributed by atoms with E-state index < -0.39 is 0 Å². The fraction of sp³-hybridized carbons (Fsp3) is 0. The van der Waals surface area contributed by atoms with Gasteiger partial charge in [0.05, 0.1) is 10.6 Å². The van der Waals surface area contributed by atoms with Crippen molar-refractivity contribution < 1.29 is 0 Å². The lowest BCUT2D eigenvalue weighted by molar-refractivity contribution is 1.52. The number of benzene rings is 2. The van der Waals surface area contributed by atoms with E-state index in [-0.39, 0.29) is 0 Å². The van der Waals surface area contributed by atoms with E-state index in [1.54, 1.807) is 0 Å². The minimum atomic E-state index is 0.485. The normalized spacial score (nSPS) is 11.5. The average molecular weight is 240 g/mol. The highest BCUT2D eigenvalue weighted by molar-refractivity contribution is 6.53. The molecule has 2 heteroatoms. The summed E-state index contributed by atoms with van der Waals surface area (Å²) in [5.74, 6) is 0. The summed E-state index contributed by atoms with van der Waals surface area (Å²) >= 11 is 6.26. The van der Waals surface area contributed by atoms with Gasteiger partial charge >= 0.3 is 0 Å². The van der Waals surface area contributed by atoms with Crippen molar-refractivity contribution >= 4 is 22.2 Å². The molecule has 0 bridgehead atoms.